The molecule has 0 unspecified atom stereocenters. The maximum atomic E-state index is 13.1. The summed E-state index contributed by atoms with van der Waals surface area (Å²) in [5, 5.41) is 0.638. The number of hydrogen-bond donors (Lipinski definition) is 1. The molecule has 0 saturated heterocycles. The van der Waals surface area contributed by atoms with Crippen molar-refractivity contribution in [3.63, 3.8) is 0 Å². The number of anilines is 1. The predicted octanol–water partition coefficient (Wildman–Crippen LogP) is 4.03. The van der Waals surface area contributed by atoms with E-state index in [0.29, 0.717) is 39.3 Å². The third kappa shape index (κ3) is 2.91. The molecule has 2 N–H and O–H groups in total. The first-order chi connectivity index (χ1) is 12.0. The van der Waals surface area contributed by atoms with Crippen LogP contribution in [0.3, 0.4) is 0 Å². The van der Waals surface area contributed by atoms with Gasteiger partial charge in [-0.1, -0.05) is 15.9 Å². The third-order valence-corrected chi connectivity index (χ3v) is 4.33. The number of furan rings is 1. The maximum absolute atomic E-state index is 13.1. The summed E-state index contributed by atoms with van der Waals surface area (Å²) in [6.07, 6.45) is 0. The van der Waals surface area contributed by atoms with Crippen molar-refractivity contribution in [3.8, 4) is 17.2 Å². The average molecular weight is 406 g/mol. The topological polar surface area (TPSA) is 83.9 Å². The van der Waals surface area contributed by atoms with Crippen molar-refractivity contribution in [2.24, 2.45) is 0 Å². The van der Waals surface area contributed by atoms with Crippen LogP contribution in [0.25, 0.3) is 11.0 Å². The summed E-state index contributed by atoms with van der Waals surface area (Å²) in [6, 6.07) is 8.53. The van der Waals surface area contributed by atoms with Gasteiger partial charge in [-0.3, -0.25) is 4.79 Å². The maximum Gasteiger partial charge on any atom is 0.203 e. The van der Waals surface area contributed by atoms with Crippen LogP contribution in [0.15, 0.2) is 39.2 Å². The average Bonchev–Trinajstić information content (AvgIpc) is 2.94. The second kappa shape index (κ2) is 6.68. The van der Waals surface area contributed by atoms with Crippen molar-refractivity contribution in [2.45, 2.75) is 0 Å². The van der Waals surface area contributed by atoms with Crippen LogP contribution < -0.4 is 19.9 Å². The molecule has 0 spiro atoms. The lowest BCUT2D eigenvalue weighted by atomic mass is 10.0. The Morgan fingerprint density at radius 2 is 1.68 bits per heavy atom. The van der Waals surface area contributed by atoms with Crippen LogP contribution in [0.5, 0.6) is 17.2 Å². The SMILES string of the molecule is COc1cc(C(=O)c2c(N)oc3cc(Br)ccc23)cc(OC)c1OC. The molecule has 0 bridgehead atoms. The molecule has 1 heterocycles. The number of fused-ring (bicyclic) bond motifs is 1. The Labute approximate surface area is 152 Å². The number of carbonyl (C=O) groups is 1. The highest BCUT2D eigenvalue weighted by molar-refractivity contribution is 9.10. The Hall–Kier alpha value is -2.67. The van der Waals surface area contributed by atoms with Crippen LogP contribution in [0, 0.1) is 0 Å². The summed E-state index contributed by atoms with van der Waals surface area (Å²) in [5.41, 5.74) is 7.14. The molecule has 130 valence electrons. The summed E-state index contributed by atoms with van der Waals surface area (Å²) in [6.45, 7) is 0. The van der Waals surface area contributed by atoms with E-state index in [0.717, 1.165) is 4.47 Å². The van der Waals surface area contributed by atoms with Gasteiger partial charge in [0.2, 0.25) is 11.6 Å². The molecule has 0 atom stereocenters. The van der Waals surface area contributed by atoms with Gasteiger partial charge in [0.15, 0.2) is 17.3 Å². The summed E-state index contributed by atoms with van der Waals surface area (Å²) >= 11 is 3.37. The van der Waals surface area contributed by atoms with Gasteiger partial charge in [0, 0.05) is 15.4 Å². The zero-order chi connectivity index (χ0) is 18.1. The van der Waals surface area contributed by atoms with Crippen LogP contribution >= 0.6 is 15.9 Å². The molecule has 0 aliphatic carbocycles. The second-order valence-electron chi connectivity index (χ2n) is 5.22. The molecule has 0 radical (unpaired) electrons. The van der Waals surface area contributed by atoms with E-state index < -0.39 is 0 Å². The quantitative estimate of drug-likeness (QED) is 0.644. The smallest absolute Gasteiger partial charge is 0.203 e. The van der Waals surface area contributed by atoms with Gasteiger partial charge in [0.1, 0.15) is 5.58 Å². The highest BCUT2D eigenvalue weighted by Gasteiger charge is 2.24. The van der Waals surface area contributed by atoms with Crippen molar-refractivity contribution < 1.29 is 23.4 Å². The zero-order valence-corrected chi connectivity index (χ0v) is 15.5. The van der Waals surface area contributed by atoms with Crippen LogP contribution in [-0.2, 0) is 0 Å². The molecule has 1 aromatic heterocycles. The fourth-order valence-corrected chi connectivity index (χ4v) is 3.02. The largest absolute Gasteiger partial charge is 0.493 e. The Kier molecular flexibility index (Phi) is 4.59. The van der Waals surface area contributed by atoms with Crippen molar-refractivity contribution in [1.29, 1.82) is 0 Å². The number of benzene rings is 2. The standard InChI is InChI=1S/C18H16BrNO5/c1-22-13-6-9(7-14(23-2)17(13)24-3)16(21)15-11-5-4-10(19)8-12(11)25-18(15)20/h4-8H,20H2,1-3H3. The number of ketones is 1. The normalized spacial score (nSPS) is 10.7. The van der Waals surface area contributed by atoms with E-state index in [4.69, 9.17) is 24.4 Å². The van der Waals surface area contributed by atoms with Gasteiger partial charge in [-0.25, -0.2) is 0 Å². The molecule has 0 aliphatic heterocycles. The van der Waals surface area contributed by atoms with Gasteiger partial charge in [0.25, 0.3) is 0 Å². The van der Waals surface area contributed by atoms with Crippen LogP contribution in [0.4, 0.5) is 5.88 Å². The van der Waals surface area contributed by atoms with Crippen LogP contribution in [0.1, 0.15) is 15.9 Å². The lowest BCUT2D eigenvalue weighted by Gasteiger charge is -2.13. The molecule has 3 aromatic rings. The van der Waals surface area contributed by atoms with Crippen molar-refractivity contribution in [1.82, 2.24) is 0 Å². The van der Waals surface area contributed by atoms with Gasteiger partial charge < -0.3 is 24.4 Å². The Bertz CT molecular complexity index is 938. The number of methoxy groups -OCH3 is 3. The molecule has 7 heteroatoms. The Balaban J connectivity index is 2.18. The molecule has 0 amide bonds. The molecule has 25 heavy (non-hydrogen) atoms. The molecular weight excluding hydrogens is 390 g/mol. The Morgan fingerprint density at radius 1 is 1.04 bits per heavy atom. The first-order valence-electron chi connectivity index (χ1n) is 7.32. The molecule has 0 saturated carbocycles. The number of ether oxygens (including phenoxy) is 3. The van der Waals surface area contributed by atoms with Crippen molar-refractivity contribution >= 4 is 38.6 Å². The number of nitrogen functional groups attached to an aromatic ring is 1. The van der Waals surface area contributed by atoms with E-state index >= 15 is 0 Å². The summed E-state index contributed by atoms with van der Waals surface area (Å²) < 4.78 is 22.2. The van der Waals surface area contributed by atoms with E-state index in [-0.39, 0.29) is 11.7 Å². The number of nitrogens with two attached hydrogens (primary N) is 1. The number of halogens is 1. The second-order valence-corrected chi connectivity index (χ2v) is 6.14. The van der Waals surface area contributed by atoms with Gasteiger partial charge in [-0.2, -0.15) is 0 Å². The molecule has 2 aromatic carbocycles. The summed E-state index contributed by atoms with van der Waals surface area (Å²) in [5.74, 6) is 0.957. The summed E-state index contributed by atoms with van der Waals surface area (Å²) in [7, 11) is 4.48. The van der Waals surface area contributed by atoms with Gasteiger partial charge >= 0.3 is 0 Å². The highest BCUT2D eigenvalue weighted by Crippen LogP contribution is 2.40. The highest BCUT2D eigenvalue weighted by atomic mass is 79.9. The van der Waals surface area contributed by atoms with Crippen molar-refractivity contribution in [2.75, 3.05) is 27.1 Å². The monoisotopic (exact) mass is 405 g/mol. The Morgan fingerprint density at radius 3 is 2.24 bits per heavy atom. The zero-order valence-electron chi connectivity index (χ0n) is 13.9. The number of hydrogen-bond acceptors (Lipinski definition) is 6. The predicted molar refractivity (Wildman–Crippen MR) is 97.9 cm³/mol. The molecule has 0 aliphatic rings. The molecule has 3 rings (SSSR count). The number of rotatable bonds is 5. The third-order valence-electron chi connectivity index (χ3n) is 3.83. The first kappa shape index (κ1) is 17.2. The molecule has 6 nitrogen and oxygen atoms in total. The number of carbonyl (C=O) groups excluding carboxylic acids is 1. The first-order valence-corrected chi connectivity index (χ1v) is 8.11. The van der Waals surface area contributed by atoms with E-state index in [2.05, 4.69) is 15.9 Å². The molecule has 0 fully saturated rings. The fraction of sp³-hybridized carbons (Fsp3) is 0.167. The summed E-state index contributed by atoms with van der Waals surface area (Å²) in [4.78, 5) is 13.1. The van der Waals surface area contributed by atoms with E-state index in [9.17, 15) is 4.79 Å². The van der Waals surface area contributed by atoms with E-state index in [1.807, 2.05) is 6.07 Å². The van der Waals surface area contributed by atoms with Gasteiger partial charge in [-0.05, 0) is 30.3 Å². The fourth-order valence-electron chi connectivity index (χ4n) is 2.68. The van der Waals surface area contributed by atoms with Crippen molar-refractivity contribution in [3.05, 3.63) is 45.9 Å². The van der Waals surface area contributed by atoms with E-state index in [1.165, 1.54) is 21.3 Å². The van der Waals surface area contributed by atoms with Gasteiger partial charge in [-0.15, -0.1) is 0 Å². The van der Waals surface area contributed by atoms with Crippen LogP contribution in [0.2, 0.25) is 0 Å². The minimum atomic E-state index is -0.294. The van der Waals surface area contributed by atoms with Gasteiger partial charge in [0.05, 0.1) is 26.9 Å². The minimum Gasteiger partial charge on any atom is -0.493 e. The lowest BCUT2D eigenvalue weighted by Crippen LogP contribution is -2.05. The lowest BCUT2D eigenvalue weighted by molar-refractivity contribution is 0.103. The molecular formula is C18H16BrNO5. The van der Waals surface area contributed by atoms with Crippen LogP contribution in [-0.4, -0.2) is 27.1 Å². The minimum absolute atomic E-state index is 0.0619. The van der Waals surface area contributed by atoms with E-state index in [1.54, 1.807) is 24.3 Å².